The molecule has 0 amide bonds. The zero-order valence-corrected chi connectivity index (χ0v) is 12.8. The van der Waals surface area contributed by atoms with Crippen LogP contribution in [0.5, 0.6) is 11.5 Å². The third-order valence-electron chi connectivity index (χ3n) is 3.43. The van der Waals surface area contributed by atoms with Gasteiger partial charge in [0.2, 0.25) is 0 Å². The van der Waals surface area contributed by atoms with Gasteiger partial charge in [-0.3, -0.25) is 4.79 Å². The molecule has 0 saturated carbocycles. The van der Waals surface area contributed by atoms with Crippen LogP contribution >= 0.6 is 15.9 Å². The van der Waals surface area contributed by atoms with Crippen LogP contribution in [0.3, 0.4) is 0 Å². The van der Waals surface area contributed by atoms with Gasteiger partial charge >= 0.3 is 0 Å². The minimum Gasteiger partial charge on any atom is -0.497 e. The maximum absolute atomic E-state index is 13.2. The third-order valence-corrected chi connectivity index (χ3v) is 4.15. The molecular formula is C16H12BrFO3. The predicted octanol–water partition coefficient (Wildman–Crippen LogP) is 4.30. The summed E-state index contributed by atoms with van der Waals surface area (Å²) >= 11 is 3.46. The Hall–Kier alpha value is -1.88. The molecule has 2 aromatic carbocycles. The van der Waals surface area contributed by atoms with Crippen molar-refractivity contribution in [2.24, 2.45) is 0 Å². The van der Waals surface area contributed by atoms with Gasteiger partial charge in [-0.25, -0.2) is 4.39 Å². The van der Waals surface area contributed by atoms with Crippen molar-refractivity contribution in [2.75, 3.05) is 7.11 Å². The van der Waals surface area contributed by atoms with Crippen LogP contribution in [0.25, 0.3) is 0 Å². The Morgan fingerprint density at radius 2 is 2.10 bits per heavy atom. The number of halogens is 2. The van der Waals surface area contributed by atoms with Crippen LogP contribution in [-0.4, -0.2) is 12.9 Å². The summed E-state index contributed by atoms with van der Waals surface area (Å²) in [5.74, 6) is 0.531. The summed E-state index contributed by atoms with van der Waals surface area (Å²) in [6.45, 7) is 0. The molecule has 0 aromatic heterocycles. The maximum Gasteiger partial charge on any atom is 0.170 e. The average molecular weight is 351 g/mol. The normalized spacial score (nSPS) is 17.1. The third kappa shape index (κ3) is 2.65. The molecule has 0 spiro atoms. The van der Waals surface area contributed by atoms with Crippen LogP contribution in [0.2, 0.25) is 0 Å². The lowest BCUT2D eigenvalue weighted by Gasteiger charge is -2.26. The second kappa shape index (κ2) is 5.48. The van der Waals surface area contributed by atoms with E-state index in [4.69, 9.17) is 9.47 Å². The quantitative estimate of drug-likeness (QED) is 0.809. The van der Waals surface area contributed by atoms with Gasteiger partial charge in [0.25, 0.3) is 0 Å². The Balaban J connectivity index is 1.99. The molecule has 0 aliphatic carbocycles. The van der Waals surface area contributed by atoms with E-state index in [1.54, 1.807) is 7.11 Å². The van der Waals surface area contributed by atoms with Crippen molar-refractivity contribution in [3.8, 4) is 11.5 Å². The summed E-state index contributed by atoms with van der Waals surface area (Å²) in [7, 11) is 1.58. The molecule has 1 heterocycles. The molecule has 1 unspecified atom stereocenters. The number of Topliss-reactive ketones (excluding diaryl/α,β-unsaturated/α-hetero) is 1. The number of methoxy groups -OCH3 is 1. The highest BCUT2D eigenvalue weighted by atomic mass is 79.9. The molecule has 21 heavy (non-hydrogen) atoms. The largest absolute Gasteiger partial charge is 0.497 e. The van der Waals surface area contributed by atoms with Crippen molar-refractivity contribution in [3.05, 3.63) is 57.8 Å². The van der Waals surface area contributed by atoms with Crippen molar-refractivity contribution in [1.82, 2.24) is 0 Å². The average Bonchev–Trinajstić information content (AvgIpc) is 2.48. The van der Waals surface area contributed by atoms with E-state index in [9.17, 15) is 9.18 Å². The van der Waals surface area contributed by atoms with Crippen LogP contribution in [0.4, 0.5) is 4.39 Å². The van der Waals surface area contributed by atoms with Gasteiger partial charge < -0.3 is 9.47 Å². The number of carbonyl (C=O) groups is 1. The van der Waals surface area contributed by atoms with Gasteiger partial charge in [-0.05, 0) is 36.4 Å². The van der Waals surface area contributed by atoms with Gasteiger partial charge in [0, 0.05) is 10.0 Å². The monoisotopic (exact) mass is 350 g/mol. The fourth-order valence-electron chi connectivity index (χ4n) is 2.37. The van der Waals surface area contributed by atoms with Gasteiger partial charge in [-0.15, -0.1) is 0 Å². The van der Waals surface area contributed by atoms with Gasteiger partial charge in [-0.2, -0.15) is 0 Å². The molecular weight excluding hydrogens is 339 g/mol. The van der Waals surface area contributed by atoms with Crippen LogP contribution in [-0.2, 0) is 0 Å². The predicted molar refractivity (Wildman–Crippen MR) is 79.4 cm³/mol. The number of ketones is 1. The zero-order chi connectivity index (χ0) is 15.0. The topological polar surface area (TPSA) is 35.5 Å². The highest BCUT2D eigenvalue weighted by molar-refractivity contribution is 9.10. The van der Waals surface area contributed by atoms with Crippen LogP contribution in [0.1, 0.15) is 28.4 Å². The highest BCUT2D eigenvalue weighted by Crippen LogP contribution is 2.38. The first-order valence-electron chi connectivity index (χ1n) is 6.41. The lowest BCUT2D eigenvalue weighted by Crippen LogP contribution is -2.21. The van der Waals surface area contributed by atoms with Gasteiger partial charge in [-0.1, -0.05) is 15.9 Å². The highest BCUT2D eigenvalue weighted by Gasteiger charge is 2.29. The second-order valence-corrected chi connectivity index (χ2v) is 5.62. The van der Waals surface area contributed by atoms with Gasteiger partial charge in [0.15, 0.2) is 5.78 Å². The van der Waals surface area contributed by atoms with E-state index in [2.05, 4.69) is 15.9 Å². The van der Waals surface area contributed by atoms with E-state index in [-0.39, 0.29) is 12.2 Å². The molecule has 5 heteroatoms. The van der Waals surface area contributed by atoms with Crippen LogP contribution in [0.15, 0.2) is 40.9 Å². The number of carbonyl (C=O) groups excluding carboxylic acids is 1. The molecule has 0 fully saturated rings. The Morgan fingerprint density at radius 3 is 2.86 bits per heavy atom. The summed E-state index contributed by atoms with van der Waals surface area (Å²) in [4.78, 5) is 12.2. The summed E-state index contributed by atoms with van der Waals surface area (Å²) in [5.41, 5.74) is 1.13. The summed E-state index contributed by atoms with van der Waals surface area (Å²) < 4.78 is 25.1. The summed E-state index contributed by atoms with van der Waals surface area (Å²) in [6.07, 6.45) is -0.248. The van der Waals surface area contributed by atoms with E-state index in [0.717, 1.165) is 10.0 Å². The second-order valence-electron chi connectivity index (χ2n) is 4.76. The maximum atomic E-state index is 13.2. The van der Waals surface area contributed by atoms with Crippen molar-refractivity contribution in [1.29, 1.82) is 0 Å². The van der Waals surface area contributed by atoms with Gasteiger partial charge in [0.05, 0.1) is 19.1 Å². The molecule has 0 radical (unpaired) electrons. The standard InChI is InChI=1S/C16H12BrFO3/c1-20-10-3-4-13(17)11(7-10)16-8-14(19)12-6-9(18)2-5-15(12)21-16/h2-7,16H,8H2,1H3. The Kier molecular flexibility index (Phi) is 3.68. The Labute approximate surface area is 129 Å². The SMILES string of the molecule is COc1ccc(Br)c(C2CC(=O)c3cc(F)ccc3O2)c1. The fourth-order valence-corrected chi connectivity index (χ4v) is 2.87. The molecule has 1 aliphatic heterocycles. The number of rotatable bonds is 2. The van der Waals surface area contributed by atoms with Crippen LogP contribution < -0.4 is 9.47 Å². The lowest BCUT2D eigenvalue weighted by atomic mass is 9.96. The van der Waals surface area contributed by atoms with Crippen molar-refractivity contribution < 1.29 is 18.7 Å². The molecule has 0 N–H and O–H groups in total. The summed E-state index contributed by atoms with van der Waals surface area (Å²) in [6, 6.07) is 9.49. The molecule has 0 saturated heterocycles. The molecule has 2 aromatic rings. The number of ether oxygens (including phenoxy) is 2. The zero-order valence-electron chi connectivity index (χ0n) is 11.2. The van der Waals surface area contributed by atoms with Crippen molar-refractivity contribution in [3.63, 3.8) is 0 Å². The first-order valence-corrected chi connectivity index (χ1v) is 7.20. The van der Waals surface area contributed by atoms with Crippen LogP contribution in [0, 0.1) is 5.82 Å². The summed E-state index contributed by atoms with van der Waals surface area (Å²) in [5, 5.41) is 0. The molecule has 1 atom stereocenters. The van der Waals surface area contributed by atoms with E-state index in [1.807, 2.05) is 18.2 Å². The minimum atomic E-state index is -0.438. The van der Waals surface area contributed by atoms with Crippen molar-refractivity contribution in [2.45, 2.75) is 12.5 Å². The number of fused-ring (bicyclic) bond motifs is 1. The lowest BCUT2D eigenvalue weighted by molar-refractivity contribution is 0.0848. The Bertz CT molecular complexity index is 715. The van der Waals surface area contributed by atoms with Crippen molar-refractivity contribution >= 4 is 21.7 Å². The number of hydrogen-bond donors (Lipinski definition) is 0. The number of benzene rings is 2. The molecule has 108 valence electrons. The minimum absolute atomic E-state index is 0.129. The number of hydrogen-bond acceptors (Lipinski definition) is 3. The van der Waals surface area contributed by atoms with E-state index in [1.165, 1.54) is 18.2 Å². The smallest absolute Gasteiger partial charge is 0.170 e. The van der Waals surface area contributed by atoms with E-state index in [0.29, 0.717) is 17.1 Å². The van der Waals surface area contributed by atoms with E-state index < -0.39 is 11.9 Å². The molecule has 3 nitrogen and oxygen atoms in total. The van der Waals surface area contributed by atoms with Gasteiger partial charge in [0.1, 0.15) is 23.4 Å². The molecule has 0 bridgehead atoms. The Morgan fingerprint density at radius 1 is 1.29 bits per heavy atom. The molecule has 1 aliphatic rings. The first kappa shape index (κ1) is 14.1. The molecule has 3 rings (SSSR count). The van der Waals surface area contributed by atoms with E-state index >= 15 is 0 Å². The fraction of sp³-hybridized carbons (Fsp3) is 0.188. The first-order chi connectivity index (χ1) is 10.1.